The summed E-state index contributed by atoms with van der Waals surface area (Å²) in [6.45, 7) is 2.68. The molecule has 0 radical (unpaired) electrons. The van der Waals surface area contributed by atoms with Gasteiger partial charge in [0.25, 0.3) is 0 Å². The van der Waals surface area contributed by atoms with Crippen LogP contribution in [0, 0.1) is 0 Å². The second-order valence-corrected chi connectivity index (χ2v) is 4.75. The van der Waals surface area contributed by atoms with E-state index in [0.717, 1.165) is 10.9 Å². The van der Waals surface area contributed by atoms with Gasteiger partial charge in [-0.3, -0.25) is 4.79 Å². The fourth-order valence-corrected chi connectivity index (χ4v) is 2.53. The molecule has 1 heterocycles. The van der Waals surface area contributed by atoms with Crippen molar-refractivity contribution in [1.82, 2.24) is 15.5 Å². The Balaban J connectivity index is 2.41. The number of rotatable bonds is 6. The molecular weight excluding hydrogens is 234 g/mol. The number of carbonyl (C=O) groups is 1. The van der Waals surface area contributed by atoms with E-state index in [4.69, 9.17) is 0 Å². The number of thioether (sulfide) groups is 1. The maximum atomic E-state index is 11.3. The van der Waals surface area contributed by atoms with Crippen LogP contribution in [0.4, 0.5) is 0 Å². The first-order chi connectivity index (χ1) is 7.27. The lowest BCUT2D eigenvalue weighted by molar-refractivity contribution is -0.142. The summed E-state index contributed by atoms with van der Waals surface area (Å²) in [7, 11) is 1.39. The largest absolute Gasteiger partial charge is 0.468 e. The van der Waals surface area contributed by atoms with Crippen LogP contribution in [0.3, 0.4) is 0 Å². The third-order valence-corrected chi connectivity index (χ3v) is 3.60. The second-order valence-electron chi connectivity index (χ2n) is 2.65. The SMILES string of the molecule is CCNC(CSc1nncs1)C(=O)OC. The quantitative estimate of drug-likeness (QED) is 0.592. The van der Waals surface area contributed by atoms with E-state index in [1.807, 2.05) is 6.92 Å². The van der Waals surface area contributed by atoms with Crippen LogP contribution in [0.1, 0.15) is 6.92 Å². The summed E-state index contributed by atoms with van der Waals surface area (Å²) in [5.74, 6) is 0.365. The second kappa shape index (κ2) is 6.76. The van der Waals surface area contributed by atoms with E-state index in [1.165, 1.54) is 30.2 Å². The molecule has 0 bridgehead atoms. The number of esters is 1. The zero-order valence-corrected chi connectivity index (χ0v) is 10.2. The van der Waals surface area contributed by atoms with E-state index in [2.05, 4.69) is 20.3 Å². The molecule has 1 atom stereocenters. The Hall–Kier alpha value is -0.660. The Labute approximate surface area is 96.6 Å². The number of carbonyl (C=O) groups excluding carboxylic acids is 1. The molecule has 0 saturated heterocycles. The van der Waals surface area contributed by atoms with E-state index in [0.29, 0.717) is 5.75 Å². The molecule has 5 nitrogen and oxygen atoms in total. The van der Waals surface area contributed by atoms with Crippen LogP contribution in [-0.4, -0.2) is 41.6 Å². The van der Waals surface area contributed by atoms with Crippen LogP contribution < -0.4 is 5.32 Å². The molecule has 1 aromatic heterocycles. The van der Waals surface area contributed by atoms with Gasteiger partial charge < -0.3 is 10.1 Å². The zero-order chi connectivity index (χ0) is 11.1. The molecule has 0 aliphatic rings. The number of methoxy groups -OCH3 is 1. The first-order valence-electron chi connectivity index (χ1n) is 4.48. The van der Waals surface area contributed by atoms with E-state index < -0.39 is 0 Å². The summed E-state index contributed by atoms with van der Waals surface area (Å²) < 4.78 is 5.55. The van der Waals surface area contributed by atoms with Crippen molar-refractivity contribution in [3.63, 3.8) is 0 Å². The maximum Gasteiger partial charge on any atom is 0.323 e. The van der Waals surface area contributed by atoms with Gasteiger partial charge in [0.05, 0.1) is 7.11 Å². The Kier molecular flexibility index (Phi) is 5.59. The molecular formula is C8H13N3O2S2. The first kappa shape index (κ1) is 12.4. The number of likely N-dealkylation sites (N-methyl/N-ethyl adjacent to an activating group) is 1. The van der Waals surface area contributed by atoms with E-state index in [9.17, 15) is 4.79 Å². The Morgan fingerprint density at radius 1 is 1.80 bits per heavy atom. The standard InChI is InChI=1S/C8H13N3O2S2/c1-3-9-6(7(12)13-2)4-14-8-11-10-5-15-8/h5-6,9H,3-4H2,1-2H3. The minimum Gasteiger partial charge on any atom is -0.468 e. The summed E-state index contributed by atoms with van der Waals surface area (Å²) in [4.78, 5) is 11.3. The molecule has 1 aromatic rings. The number of nitrogens with zero attached hydrogens (tertiary/aromatic N) is 2. The minimum absolute atomic E-state index is 0.242. The fraction of sp³-hybridized carbons (Fsp3) is 0.625. The van der Waals surface area contributed by atoms with Crippen molar-refractivity contribution in [2.24, 2.45) is 0 Å². The van der Waals surface area contributed by atoms with Crippen molar-refractivity contribution in [3.05, 3.63) is 5.51 Å². The lowest BCUT2D eigenvalue weighted by Gasteiger charge is -2.13. The highest BCUT2D eigenvalue weighted by Gasteiger charge is 2.18. The maximum absolute atomic E-state index is 11.3. The van der Waals surface area contributed by atoms with Crippen LogP contribution in [0.5, 0.6) is 0 Å². The van der Waals surface area contributed by atoms with E-state index in [-0.39, 0.29) is 12.0 Å². The summed E-state index contributed by atoms with van der Waals surface area (Å²) in [5.41, 5.74) is 1.67. The van der Waals surface area contributed by atoms with Crippen LogP contribution >= 0.6 is 23.1 Å². The molecule has 1 N–H and O–H groups in total. The van der Waals surface area contributed by atoms with Gasteiger partial charge in [0.1, 0.15) is 11.6 Å². The highest BCUT2D eigenvalue weighted by atomic mass is 32.2. The number of hydrogen-bond acceptors (Lipinski definition) is 7. The summed E-state index contributed by atoms with van der Waals surface area (Å²) >= 11 is 2.96. The van der Waals surface area contributed by atoms with Gasteiger partial charge in [-0.1, -0.05) is 30.0 Å². The van der Waals surface area contributed by atoms with Crippen molar-refractivity contribution >= 4 is 29.1 Å². The lowest BCUT2D eigenvalue weighted by Crippen LogP contribution is -2.39. The van der Waals surface area contributed by atoms with Gasteiger partial charge in [-0.05, 0) is 6.54 Å². The number of nitrogens with one attached hydrogen (secondary N) is 1. The van der Waals surface area contributed by atoms with E-state index >= 15 is 0 Å². The van der Waals surface area contributed by atoms with Gasteiger partial charge in [0.2, 0.25) is 0 Å². The van der Waals surface area contributed by atoms with Crippen LogP contribution in [-0.2, 0) is 9.53 Å². The summed E-state index contributed by atoms with van der Waals surface area (Å²) in [6.07, 6.45) is 0. The minimum atomic E-state index is -0.283. The predicted octanol–water partition coefficient (Wildman–Crippen LogP) is 0.781. The average Bonchev–Trinajstić information content (AvgIpc) is 2.76. The smallest absolute Gasteiger partial charge is 0.323 e. The van der Waals surface area contributed by atoms with Gasteiger partial charge in [-0.25, -0.2) is 0 Å². The zero-order valence-electron chi connectivity index (χ0n) is 8.60. The van der Waals surface area contributed by atoms with Crippen LogP contribution in [0.25, 0.3) is 0 Å². The molecule has 0 fully saturated rings. The Morgan fingerprint density at radius 3 is 3.13 bits per heavy atom. The summed E-state index contributed by atoms with van der Waals surface area (Å²) in [6, 6.07) is -0.283. The van der Waals surface area contributed by atoms with Gasteiger partial charge in [-0.2, -0.15) is 0 Å². The molecule has 0 spiro atoms. The molecule has 15 heavy (non-hydrogen) atoms. The molecule has 1 unspecified atom stereocenters. The Bertz CT molecular complexity index is 292. The number of ether oxygens (including phenoxy) is 1. The van der Waals surface area contributed by atoms with Crippen LogP contribution in [0.2, 0.25) is 0 Å². The molecule has 1 rings (SSSR count). The highest BCUT2D eigenvalue weighted by molar-refractivity contribution is 8.01. The predicted molar refractivity (Wildman–Crippen MR) is 60.1 cm³/mol. The third kappa shape index (κ3) is 4.15. The highest BCUT2D eigenvalue weighted by Crippen LogP contribution is 2.19. The average molecular weight is 247 g/mol. The van der Waals surface area contributed by atoms with Crippen molar-refractivity contribution in [2.45, 2.75) is 17.3 Å². The summed E-state index contributed by atoms with van der Waals surface area (Å²) in [5, 5.41) is 10.7. The molecule has 0 aliphatic heterocycles. The number of aromatic nitrogens is 2. The van der Waals surface area contributed by atoms with Gasteiger partial charge in [-0.15, -0.1) is 10.2 Å². The first-order valence-corrected chi connectivity index (χ1v) is 6.34. The van der Waals surface area contributed by atoms with E-state index in [1.54, 1.807) is 5.51 Å². The topological polar surface area (TPSA) is 64.1 Å². The van der Waals surface area contributed by atoms with Gasteiger partial charge in [0.15, 0.2) is 4.34 Å². The van der Waals surface area contributed by atoms with Crippen molar-refractivity contribution in [3.8, 4) is 0 Å². The van der Waals surface area contributed by atoms with Crippen molar-refractivity contribution < 1.29 is 9.53 Å². The van der Waals surface area contributed by atoms with Gasteiger partial charge in [0, 0.05) is 5.75 Å². The van der Waals surface area contributed by atoms with Gasteiger partial charge >= 0.3 is 5.97 Å². The lowest BCUT2D eigenvalue weighted by atomic mass is 10.3. The molecule has 7 heteroatoms. The molecule has 0 amide bonds. The van der Waals surface area contributed by atoms with Crippen LogP contribution in [0.15, 0.2) is 9.85 Å². The molecule has 0 aromatic carbocycles. The molecule has 0 aliphatic carbocycles. The normalized spacial score (nSPS) is 12.4. The Morgan fingerprint density at radius 2 is 2.60 bits per heavy atom. The monoisotopic (exact) mass is 247 g/mol. The fourth-order valence-electron chi connectivity index (χ4n) is 0.979. The molecule has 84 valence electrons. The molecule has 0 saturated carbocycles. The van der Waals surface area contributed by atoms with Crippen molar-refractivity contribution in [1.29, 1.82) is 0 Å². The van der Waals surface area contributed by atoms with Crippen molar-refractivity contribution in [2.75, 3.05) is 19.4 Å². The third-order valence-electron chi connectivity index (χ3n) is 1.65. The number of hydrogen-bond donors (Lipinski definition) is 1.